The van der Waals surface area contributed by atoms with E-state index in [0.29, 0.717) is 51.5 Å². The molecule has 0 saturated carbocycles. The highest BCUT2D eigenvalue weighted by atomic mass is 28.4. The van der Waals surface area contributed by atoms with Crippen LogP contribution in [-0.2, 0) is 26.6 Å². The Bertz CT molecular complexity index is 464. The van der Waals surface area contributed by atoms with Crippen LogP contribution >= 0.6 is 0 Å². The minimum absolute atomic E-state index is 0.415. The van der Waals surface area contributed by atoms with E-state index in [1.807, 2.05) is 41.5 Å². The van der Waals surface area contributed by atoms with Gasteiger partial charge in [-0.15, -0.1) is 0 Å². The molecule has 0 fully saturated rings. The van der Waals surface area contributed by atoms with Crippen LogP contribution in [0.2, 0.25) is 30.2 Å². The van der Waals surface area contributed by atoms with Crippen LogP contribution in [0.3, 0.4) is 0 Å². The SMILES string of the molecule is CCO[Si](CC(C)CN(CC(C)C[Si](OCC)(OCC)OCC)[Si](CC)(CC)CC)(OCC)OCC. The van der Waals surface area contributed by atoms with E-state index < -0.39 is 25.8 Å². The van der Waals surface area contributed by atoms with E-state index in [-0.39, 0.29) is 0 Å². The van der Waals surface area contributed by atoms with Crippen molar-refractivity contribution in [3.8, 4) is 0 Å². The molecule has 0 aromatic carbocycles. The highest BCUT2D eigenvalue weighted by Gasteiger charge is 2.45. The van der Waals surface area contributed by atoms with Crippen molar-refractivity contribution in [3.63, 3.8) is 0 Å². The first-order chi connectivity index (χ1) is 17.1. The first-order valence-corrected chi connectivity index (χ1v) is 21.2. The molecule has 0 bridgehead atoms. The average molecular weight is 568 g/mol. The fourth-order valence-electron chi connectivity index (χ4n) is 5.54. The van der Waals surface area contributed by atoms with Crippen LogP contribution in [0, 0.1) is 11.8 Å². The van der Waals surface area contributed by atoms with Gasteiger partial charge in [-0.25, -0.2) is 0 Å². The van der Waals surface area contributed by atoms with E-state index in [4.69, 9.17) is 26.6 Å². The number of hydrogen-bond donors (Lipinski definition) is 0. The van der Waals surface area contributed by atoms with Gasteiger partial charge in [-0.3, -0.25) is 0 Å². The molecule has 0 aromatic heterocycles. The zero-order valence-electron chi connectivity index (χ0n) is 25.7. The monoisotopic (exact) mass is 567 g/mol. The van der Waals surface area contributed by atoms with Crippen molar-refractivity contribution >= 4 is 25.8 Å². The minimum atomic E-state index is -2.69. The maximum atomic E-state index is 6.20. The van der Waals surface area contributed by atoms with Crippen LogP contribution in [0.25, 0.3) is 0 Å². The van der Waals surface area contributed by atoms with Crippen LogP contribution < -0.4 is 0 Å². The fourth-order valence-corrected chi connectivity index (χ4v) is 15.6. The topological polar surface area (TPSA) is 58.6 Å². The molecule has 36 heavy (non-hydrogen) atoms. The van der Waals surface area contributed by atoms with E-state index in [9.17, 15) is 0 Å². The molecule has 0 saturated heterocycles. The zero-order valence-corrected chi connectivity index (χ0v) is 28.7. The van der Waals surface area contributed by atoms with Crippen LogP contribution in [0.15, 0.2) is 0 Å². The van der Waals surface area contributed by atoms with Crippen molar-refractivity contribution < 1.29 is 26.6 Å². The zero-order chi connectivity index (χ0) is 27.7. The Morgan fingerprint density at radius 2 is 0.722 bits per heavy atom. The molecule has 2 atom stereocenters. The van der Waals surface area contributed by atoms with Crippen LogP contribution in [-0.4, -0.2) is 83.1 Å². The van der Waals surface area contributed by atoms with Gasteiger partial charge in [0.15, 0.2) is 0 Å². The lowest BCUT2D eigenvalue weighted by Crippen LogP contribution is -2.57. The Kier molecular flexibility index (Phi) is 19.6. The Morgan fingerprint density at radius 1 is 0.472 bits per heavy atom. The van der Waals surface area contributed by atoms with Gasteiger partial charge in [0.05, 0.1) is 0 Å². The predicted molar refractivity (Wildman–Crippen MR) is 158 cm³/mol. The maximum absolute atomic E-state index is 6.20. The summed E-state index contributed by atoms with van der Waals surface area (Å²) in [5.41, 5.74) is 0. The van der Waals surface area contributed by atoms with Gasteiger partial charge >= 0.3 is 17.6 Å². The molecule has 10 heteroatoms. The summed E-state index contributed by atoms with van der Waals surface area (Å²) in [4.78, 5) is 0. The van der Waals surface area contributed by atoms with Gasteiger partial charge in [0.25, 0.3) is 0 Å². The lowest BCUT2D eigenvalue weighted by molar-refractivity contribution is 0.0655. The summed E-state index contributed by atoms with van der Waals surface area (Å²) in [7, 11) is -6.99. The molecule has 0 aliphatic rings. The van der Waals surface area contributed by atoms with E-state index in [2.05, 4.69) is 39.2 Å². The van der Waals surface area contributed by atoms with Gasteiger partial charge in [0.1, 0.15) is 8.24 Å². The van der Waals surface area contributed by atoms with Crippen molar-refractivity contribution in [2.24, 2.45) is 11.8 Å². The smallest absolute Gasteiger partial charge is 0.374 e. The third-order valence-corrected chi connectivity index (χ3v) is 19.5. The summed E-state index contributed by atoms with van der Waals surface area (Å²) in [5, 5.41) is 0. The van der Waals surface area contributed by atoms with Crippen molar-refractivity contribution in [2.45, 2.75) is 106 Å². The van der Waals surface area contributed by atoms with Gasteiger partial charge in [0.2, 0.25) is 0 Å². The third kappa shape index (κ3) is 11.6. The highest BCUT2D eigenvalue weighted by Crippen LogP contribution is 2.31. The number of rotatable bonds is 24. The summed E-state index contributed by atoms with van der Waals surface area (Å²) in [6, 6.07) is 5.48. The Hall–Kier alpha value is 0.371. The summed E-state index contributed by atoms with van der Waals surface area (Å²) in [6.45, 7) is 29.9. The normalized spacial score (nSPS) is 15.0. The van der Waals surface area contributed by atoms with Crippen molar-refractivity contribution in [2.75, 3.05) is 52.7 Å². The van der Waals surface area contributed by atoms with Gasteiger partial charge in [-0.1, -0.05) is 34.6 Å². The molecule has 2 unspecified atom stereocenters. The Morgan fingerprint density at radius 3 is 0.917 bits per heavy atom. The van der Waals surface area contributed by atoms with E-state index in [1.54, 1.807) is 0 Å². The lowest BCUT2D eigenvalue weighted by atomic mass is 10.2. The van der Waals surface area contributed by atoms with Gasteiger partial charge in [-0.05, 0) is 84.6 Å². The Labute approximate surface area is 227 Å². The third-order valence-electron chi connectivity index (χ3n) is 7.09. The largest absolute Gasteiger partial charge is 0.501 e. The predicted octanol–water partition coefficient (Wildman–Crippen LogP) is 6.66. The summed E-state index contributed by atoms with van der Waals surface area (Å²) in [6.07, 6.45) is 0. The standard InChI is InChI=1S/C26H61NO6Si3/c1-12-28-35(29-13-2,30-14-3)23-25(10)21-27(34(18-7,19-8)20-9)22-26(11)24-36(31-15-4,32-16-5)33-17-6/h25-26H,12-24H2,1-11H3. The summed E-state index contributed by atoms with van der Waals surface area (Å²) >= 11 is 0. The molecular weight excluding hydrogens is 507 g/mol. The molecule has 0 heterocycles. The van der Waals surface area contributed by atoms with Crippen LogP contribution in [0.4, 0.5) is 0 Å². The second-order valence-corrected chi connectivity index (χ2v) is 20.3. The first-order valence-electron chi connectivity index (χ1n) is 14.7. The second-order valence-electron chi connectivity index (χ2n) is 9.77. The molecule has 7 nitrogen and oxygen atoms in total. The number of hydrogen-bond acceptors (Lipinski definition) is 7. The first kappa shape index (κ1) is 36.4. The van der Waals surface area contributed by atoms with Crippen molar-refractivity contribution in [1.29, 1.82) is 0 Å². The van der Waals surface area contributed by atoms with Crippen LogP contribution in [0.1, 0.15) is 76.2 Å². The molecule has 0 amide bonds. The molecule has 0 aliphatic heterocycles. The fraction of sp³-hybridized carbons (Fsp3) is 1.00. The van der Waals surface area contributed by atoms with Gasteiger partial charge in [-0.2, -0.15) is 0 Å². The molecule has 0 spiro atoms. The molecular formula is C26H61NO6Si3. The van der Waals surface area contributed by atoms with Crippen molar-refractivity contribution in [3.05, 3.63) is 0 Å². The van der Waals surface area contributed by atoms with E-state index >= 15 is 0 Å². The minimum Gasteiger partial charge on any atom is -0.374 e. The molecule has 0 radical (unpaired) electrons. The molecule has 218 valence electrons. The van der Waals surface area contributed by atoms with E-state index in [1.165, 1.54) is 18.1 Å². The van der Waals surface area contributed by atoms with Gasteiger partial charge < -0.3 is 31.1 Å². The maximum Gasteiger partial charge on any atom is 0.501 e. The summed E-state index contributed by atoms with van der Waals surface area (Å²) in [5.74, 6) is 0.829. The van der Waals surface area contributed by atoms with Gasteiger partial charge in [0, 0.05) is 51.7 Å². The van der Waals surface area contributed by atoms with Crippen LogP contribution in [0.5, 0.6) is 0 Å². The highest BCUT2D eigenvalue weighted by molar-refractivity contribution is 6.77. The number of nitrogens with zero attached hydrogens (tertiary/aromatic N) is 1. The molecule has 0 rings (SSSR count). The lowest BCUT2D eigenvalue weighted by Gasteiger charge is -2.45. The van der Waals surface area contributed by atoms with Crippen molar-refractivity contribution in [1.82, 2.24) is 4.57 Å². The molecule has 0 aromatic rings. The quantitative estimate of drug-likeness (QED) is 0.121. The van der Waals surface area contributed by atoms with E-state index in [0.717, 1.165) is 25.2 Å². The Balaban J connectivity index is 5.90. The second kappa shape index (κ2) is 19.4. The molecule has 0 N–H and O–H groups in total. The molecule has 0 aliphatic carbocycles. The summed E-state index contributed by atoms with van der Waals surface area (Å²) < 4.78 is 40.1. The average Bonchev–Trinajstić information content (AvgIpc) is 2.81.